The molecule has 0 spiro atoms. The molecular formula is C37H29F4N3O5S. The van der Waals surface area contributed by atoms with Crippen molar-refractivity contribution in [2.45, 2.75) is 24.2 Å². The van der Waals surface area contributed by atoms with Gasteiger partial charge in [-0.3, -0.25) is 0 Å². The molecule has 0 aliphatic rings. The number of methoxy groups -OCH3 is 2. The SMILES string of the molecule is COc1ccc(CN(Cc2ccc(OC)cc2)S(=O)(=O)c2ccccc2Oc2ccc(F)c(-c3ncnc4c(C(F)(F)F)cccc34)c2)cc1. The van der Waals surface area contributed by atoms with Crippen molar-refractivity contribution in [1.29, 1.82) is 0 Å². The first kappa shape index (κ1) is 34.3. The maximum absolute atomic E-state index is 15.3. The summed E-state index contributed by atoms with van der Waals surface area (Å²) in [7, 11) is -1.18. The van der Waals surface area contributed by atoms with Gasteiger partial charge in [-0.1, -0.05) is 48.5 Å². The van der Waals surface area contributed by atoms with E-state index in [4.69, 9.17) is 14.2 Å². The van der Waals surface area contributed by atoms with E-state index in [0.717, 1.165) is 18.5 Å². The molecule has 8 nitrogen and oxygen atoms in total. The van der Waals surface area contributed by atoms with E-state index in [2.05, 4.69) is 9.97 Å². The summed E-state index contributed by atoms with van der Waals surface area (Å²) in [5.41, 5.74) is -0.212. The van der Waals surface area contributed by atoms with Crippen LogP contribution in [-0.4, -0.2) is 36.9 Å². The predicted molar refractivity (Wildman–Crippen MR) is 179 cm³/mol. The number of fused-ring (bicyclic) bond motifs is 1. The van der Waals surface area contributed by atoms with Crippen LogP contribution < -0.4 is 14.2 Å². The average molecular weight is 704 g/mol. The maximum atomic E-state index is 15.3. The van der Waals surface area contributed by atoms with Crippen molar-refractivity contribution < 1.29 is 40.2 Å². The van der Waals surface area contributed by atoms with Gasteiger partial charge in [-0.15, -0.1) is 0 Å². The number of rotatable bonds is 11. The molecule has 50 heavy (non-hydrogen) atoms. The minimum Gasteiger partial charge on any atom is -0.497 e. The quantitative estimate of drug-likeness (QED) is 0.125. The minimum absolute atomic E-state index is 0.00802. The zero-order valence-electron chi connectivity index (χ0n) is 26.7. The van der Waals surface area contributed by atoms with Crippen LogP contribution in [0.2, 0.25) is 0 Å². The topological polar surface area (TPSA) is 90.9 Å². The lowest BCUT2D eigenvalue weighted by molar-refractivity contribution is -0.136. The van der Waals surface area contributed by atoms with E-state index in [9.17, 15) is 21.6 Å². The Morgan fingerprint density at radius 3 is 1.92 bits per heavy atom. The van der Waals surface area contributed by atoms with Crippen molar-refractivity contribution in [3.05, 3.63) is 138 Å². The van der Waals surface area contributed by atoms with Gasteiger partial charge >= 0.3 is 6.18 Å². The van der Waals surface area contributed by atoms with Crippen molar-refractivity contribution in [3.8, 4) is 34.3 Å². The molecule has 5 aromatic carbocycles. The Kier molecular flexibility index (Phi) is 9.71. The van der Waals surface area contributed by atoms with Gasteiger partial charge in [0.25, 0.3) is 0 Å². The fourth-order valence-electron chi connectivity index (χ4n) is 5.39. The summed E-state index contributed by atoms with van der Waals surface area (Å²) in [5, 5.41) is -0.0194. The van der Waals surface area contributed by atoms with E-state index >= 15 is 4.39 Å². The first-order chi connectivity index (χ1) is 24.0. The van der Waals surface area contributed by atoms with Gasteiger partial charge in [0.2, 0.25) is 10.0 Å². The van der Waals surface area contributed by atoms with Crippen LogP contribution in [0.15, 0.2) is 120 Å². The molecule has 0 atom stereocenters. The molecule has 0 saturated heterocycles. The summed E-state index contributed by atoms with van der Waals surface area (Å²) in [4.78, 5) is 7.76. The van der Waals surface area contributed by atoms with Gasteiger partial charge in [0.15, 0.2) is 0 Å². The molecule has 0 amide bonds. The molecule has 256 valence electrons. The van der Waals surface area contributed by atoms with E-state index in [1.54, 1.807) is 60.7 Å². The Hall–Kier alpha value is -5.53. The van der Waals surface area contributed by atoms with Crippen LogP contribution in [0.1, 0.15) is 16.7 Å². The Morgan fingerprint density at radius 2 is 1.32 bits per heavy atom. The smallest absolute Gasteiger partial charge is 0.418 e. The molecule has 0 saturated carbocycles. The van der Waals surface area contributed by atoms with Gasteiger partial charge in [0, 0.05) is 24.0 Å². The van der Waals surface area contributed by atoms with Gasteiger partial charge in [0.05, 0.1) is 31.0 Å². The lowest BCUT2D eigenvalue weighted by Gasteiger charge is -2.24. The number of sulfonamides is 1. The number of nitrogens with zero attached hydrogens (tertiary/aromatic N) is 3. The second-order valence-corrected chi connectivity index (χ2v) is 13.0. The highest BCUT2D eigenvalue weighted by Crippen LogP contribution is 2.39. The molecule has 0 aliphatic heterocycles. The lowest BCUT2D eigenvalue weighted by Crippen LogP contribution is -2.30. The fourth-order valence-corrected chi connectivity index (χ4v) is 6.92. The molecule has 1 heterocycles. The number of aromatic nitrogens is 2. The highest BCUT2D eigenvalue weighted by atomic mass is 32.2. The third kappa shape index (κ3) is 7.24. The van der Waals surface area contributed by atoms with Crippen molar-refractivity contribution in [3.63, 3.8) is 0 Å². The number of alkyl halides is 3. The van der Waals surface area contributed by atoms with Crippen LogP contribution in [0, 0.1) is 5.82 Å². The molecule has 0 aliphatic carbocycles. The van der Waals surface area contributed by atoms with E-state index in [1.165, 1.54) is 54.9 Å². The summed E-state index contributed by atoms with van der Waals surface area (Å²) >= 11 is 0. The van der Waals surface area contributed by atoms with Crippen LogP contribution in [0.5, 0.6) is 23.0 Å². The molecule has 0 fully saturated rings. The largest absolute Gasteiger partial charge is 0.497 e. The number of para-hydroxylation sites is 2. The third-order valence-electron chi connectivity index (χ3n) is 7.89. The minimum atomic E-state index is -4.70. The van der Waals surface area contributed by atoms with Gasteiger partial charge in [-0.05, 0) is 71.8 Å². The molecule has 13 heteroatoms. The molecule has 6 rings (SSSR count). The highest BCUT2D eigenvalue weighted by molar-refractivity contribution is 7.89. The summed E-state index contributed by atoms with van der Waals surface area (Å²) in [5.74, 6) is 0.435. The molecule has 0 unspecified atom stereocenters. The first-order valence-electron chi connectivity index (χ1n) is 15.1. The molecule has 0 bridgehead atoms. The van der Waals surface area contributed by atoms with Crippen LogP contribution in [0.3, 0.4) is 0 Å². The third-order valence-corrected chi connectivity index (χ3v) is 9.73. The van der Waals surface area contributed by atoms with E-state index in [-0.39, 0.29) is 51.6 Å². The molecule has 6 aromatic rings. The van der Waals surface area contributed by atoms with Crippen LogP contribution in [0.4, 0.5) is 17.6 Å². The molecule has 0 N–H and O–H groups in total. The van der Waals surface area contributed by atoms with Crippen molar-refractivity contribution in [1.82, 2.24) is 14.3 Å². The van der Waals surface area contributed by atoms with Crippen molar-refractivity contribution in [2.24, 2.45) is 0 Å². The average Bonchev–Trinajstić information content (AvgIpc) is 3.12. The number of hydrogen-bond donors (Lipinski definition) is 0. The Balaban J connectivity index is 1.37. The monoisotopic (exact) mass is 703 g/mol. The van der Waals surface area contributed by atoms with E-state index in [0.29, 0.717) is 22.6 Å². The van der Waals surface area contributed by atoms with Crippen molar-refractivity contribution in [2.75, 3.05) is 14.2 Å². The van der Waals surface area contributed by atoms with E-state index < -0.39 is 27.6 Å². The van der Waals surface area contributed by atoms with Gasteiger partial charge < -0.3 is 14.2 Å². The van der Waals surface area contributed by atoms with E-state index in [1.807, 2.05) is 0 Å². The summed E-state index contributed by atoms with van der Waals surface area (Å²) in [6, 6.07) is 27.1. The highest BCUT2D eigenvalue weighted by Gasteiger charge is 2.34. The normalized spacial score (nSPS) is 11.9. The zero-order valence-corrected chi connectivity index (χ0v) is 27.5. The number of hydrogen-bond acceptors (Lipinski definition) is 7. The Morgan fingerprint density at radius 1 is 0.720 bits per heavy atom. The number of benzene rings is 5. The van der Waals surface area contributed by atoms with Gasteiger partial charge in [-0.2, -0.15) is 17.5 Å². The summed E-state index contributed by atoms with van der Waals surface area (Å²) in [6.07, 6.45) is -3.76. The fraction of sp³-hybridized carbons (Fsp3) is 0.135. The number of ether oxygens (including phenoxy) is 3. The van der Waals surface area contributed by atoms with Gasteiger partial charge in [0.1, 0.15) is 40.0 Å². The van der Waals surface area contributed by atoms with Crippen molar-refractivity contribution >= 4 is 20.9 Å². The second kappa shape index (κ2) is 14.1. The lowest BCUT2D eigenvalue weighted by atomic mass is 10.0. The molecular weight excluding hydrogens is 674 g/mol. The van der Waals surface area contributed by atoms with Gasteiger partial charge in [-0.25, -0.2) is 22.8 Å². The number of halogens is 4. The second-order valence-electron chi connectivity index (χ2n) is 11.1. The van der Waals surface area contributed by atoms with Crippen LogP contribution >= 0.6 is 0 Å². The summed E-state index contributed by atoms with van der Waals surface area (Å²) in [6.45, 7) is 0.0160. The zero-order chi connectivity index (χ0) is 35.5. The Labute approximate surface area is 285 Å². The summed E-state index contributed by atoms with van der Waals surface area (Å²) < 4.78 is 103. The van der Waals surface area contributed by atoms with Crippen LogP contribution in [0.25, 0.3) is 22.2 Å². The Bertz CT molecular complexity index is 2200. The first-order valence-corrected chi connectivity index (χ1v) is 16.6. The predicted octanol–water partition coefficient (Wildman–Crippen LogP) is 8.66. The standard InChI is InChI=1S/C37H29F4N3O5S/c1-47-26-14-10-24(11-15-26)21-44(22-25-12-16-27(48-2)17-13-25)50(45,46)34-9-4-3-8-33(34)49-28-18-19-32(38)30(20-28)35-29-6-5-7-31(37(39,40)41)36(29)43-23-42-35/h3-20,23H,21-22H2,1-2H3. The van der Waals surface area contributed by atoms with Crippen LogP contribution in [-0.2, 0) is 29.3 Å². The molecule has 0 radical (unpaired) electrons. The molecule has 1 aromatic heterocycles. The maximum Gasteiger partial charge on any atom is 0.418 e.